The predicted octanol–water partition coefficient (Wildman–Crippen LogP) is 2.91. The van der Waals surface area contributed by atoms with E-state index in [-0.39, 0.29) is 18.7 Å². The monoisotopic (exact) mass is 337 g/mol. The molecule has 2 aliphatic rings. The van der Waals surface area contributed by atoms with Gasteiger partial charge in [0.15, 0.2) is 0 Å². The van der Waals surface area contributed by atoms with Crippen LogP contribution in [0.4, 0.5) is 13.2 Å². The molecule has 1 N–H and O–H groups in total. The Morgan fingerprint density at radius 1 is 1.26 bits per heavy atom. The average molecular weight is 337 g/mol. The summed E-state index contributed by atoms with van der Waals surface area (Å²) in [5, 5.41) is 2.74. The van der Waals surface area contributed by atoms with E-state index >= 15 is 0 Å². The highest BCUT2D eigenvalue weighted by Gasteiger charge is 2.43. The summed E-state index contributed by atoms with van der Waals surface area (Å²) in [5.41, 5.74) is 0. The molecule has 1 heterocycles. The molecule has 1 saturated carbocycles. The van der Waals surface area contributed by atoms with Crippen molar-refractivity contribution in [3.8, 4) is 0 Å². The van der Waals surface area contributed by atoms with Crippen LogP contribution in [0.2, 0.25) is 0 Å². The molecular formula is C16H26F3NO3. The smallest absolute Gasteiger partial charge is 0.381 e. The third-order valence-electron chi connectivity index (χ3n) is 4.65. The molecule has 4 nitrogen and oxygen atoms in total. The Balaban J connectivity index is 1.55. The van der Waals surface area contributed by atoms with Gasteiger partial charge in [-0.25, -0.2) is 0 Å². The molecule has 1 amide bonds. The van der Waals surface area contributed by atoms with E-state index in [2.05, 4.69) is 5.32 Å². The van der Waals surface area contributed by atoms with Gasteiger partial charge < -0.3 is 14.8 Å². The van der Waals surface area contributed by atoms with Gasteiger partial charge in [0.2, 0.25) is 5.91 Å². The molecule has 3 atom stereocenters. The van der Waals surface area contributed by atoms with E-state index < -0.39 is 18.0 Å². The molecule has 0 aromatic carbocycles. The Morgan fingerprint density at radius 2 is 2.09 bits per heavy atom. The fourth-order valence-corrected chi connectivity index (χ4v) is 3.22. The zero-order valence-electron chi connectivity index (χ0n) is 13.4. The molecular weight excluding hydrogens is 311 g/mol. The van der Waals surface area contributed by atoms with E-state index in [4.69, 9.17) is 9.47 Å². The molecule has 0 aromatic rings. The van der Waals surface area contributed by atoms with E-state index in [0.717, 1.165) is 19.6 Å². The number of alkyl halides is 3. The molecule has 0 radical (unpaired) electrons. The van der Waals surface area contributed by atoms with Crippen molar-refractivity contribution < 1.29 is 27.4 Å². The van der Waals surface area contributed by atoms with E-state index in [1.807, 2.05) is 0 Å². The van der Waals surface area contributed by atoms with Crippen molar-refractivity contribution in [1.29, 1.82) is 0 Å². The van der Waals surface area contributed by atoms with Crippen molar-refractivity contribution >= 4 is 5.91 Å². The zero-order chi connectivity index (χ0) is 16.7. The van der Waals surface area contributed by atoms with Crippen LogP contribution in [0.5, 0.6) is 0 Å². The summed E-state index contributed by atoms with van der Waals surface area (Å²) in [4.78, 5) is 12.0. The number of halogens is 3. The highest BCUT2D eigenvalue weighted by molar-refractivity contribution is 5.78. The van der Waals surface area contributed by atoms with Gasteiger partial charge in [0.25, 0.3) is 0 Å². The molecule has 0 bridgehead atoms. The number of amides is 1. The molecule has 0 unspecified atom stereocenters. The molecule has 2 fully saturated rings. The summed E-state index contributed by atoms with van der Waals surface area (Å²) in [6.45, 7) is 3.22. The summed E-state index contributed by atoms with van der Waals surface area (Å²) in [5.74, 6) is -1.62. The lowest BCUT2D eigenvalue weighted by Gasteiger charge is -2.29. The maximum atomic E-state index is 12.7. The highest BCUT2D eigenvalue weighted by Crippen LogP contribution is 2.39. The second kappa shape index (κ2) is 8.87. The summed E-state index contributed by atoms with van der Waals surface area (Å²) in [6, 6.07) is 0. The molecule has 1 saturated heterocycles. The van der Waals surface area contributed by atoms with Gasteiger partial charge in [-0.15, -0.1) is 0 Å². The first-order chi connectivity index (χ1) is 11.0. The first-order valence-electron chi connectivity index (χ1n) is 8.46. The number of ether oxygens (including phenoxy) is 2. The van der Waals surface area contributed by atoms with Crippen LogP contribution in [0.1, 0.15) is 38.5 Å². The maximum Gasteiger partial charge on any atom is 0.391 e. The molecule has 0 aromatic heterocycles. The molecule has 23 heavy (non-hydrogen) atoms. The van der Waals surface area contributed by atoms with E-state index in [1.54, 1.807) is 0 Å². The zero-order valence-corrected chi connectivity index (χ0v) is 13.4. The number of nitrogens with one attached hydrogen (secondary N) is 1. The van der Waals surface area contributed by atoms with Gasteiger partial charge in [-0.05, 0) is 32.1 Å². The first-order valence-corrected chi connectivity index (χ1v) is 8.46. The standard InChI is InChI=1S/C16H26F3NO3/c17-16(18,19)14-4-1-3-13(9-14)15(21)20-6-2-7-22-10-12-5-8-23-11-12/h12-14H,1-11H2,(H,20,21)/t12-,13-,14+/m0/s1. The molecule has 0 spiro atoms. The van der Waals surface area contributed by atoms with Crippen LogP contribution in [0.3, 0.4) is 0 Å². The minimum atomic E-state index is -4.18. The fourth-order valence-electron chi connectivity index (χ4n) is 3.22. The minimum absolute atomic E-state index is 0.0759. The molecule has 1 aliphatic carbocycles. The third kappa shape index (κ3) is 6.30. The van der Waals surface area contributed by atoms with Crippen molar-refractivity contribution in [1.82, 2.24) is 5.32 Å². The Labute approximate surface area is 135 Å². The maximum absolute atomic E-state index is 12.7. The normalized spacial score (nSPS) is 28.7. The molecule has 1 aliphatic heterocycles. The Bertz CT molecular complexity index is 370. The first kappa shape index (κ1) is 18.5. The van der Waals surface area contributed by atoms with Crippen LogP contribution in [0.15, 0.2) is 0 Å². The van der Waals surface area contributed by atoms with Crippen molar-refractivity contribution in [3.05, 3.63) is 0 Å². The van der Waals surface area contributed by atoms with Gasteiger partial charge in [-0.1, -0.05) is 6.42 Å². The van der Waals surface area contributed by atoms with Crippen LogP contribution in [0.25, 0.3) is 0 Å². The Kier molecular flexibility index (Phi) is 7.14. The van der Waals surface area contributed by atoms with Gasteiger partial charge in [0.1, 0.15) is 0 Å². The minimum Gasteiger partial charge on any atom is -0.381 e. The fraction of sp³-hybridized carbons (Fsp3) is 0.938. The lowest BCUT2D eigenvalue weighted by molar-refractivity contribution is -0.186. The van der Waals surface area contributed by atoms with Crippen LogP contribution < -0.4 is 5.32 Å². The Hall–Kier alpha value is -0.820. The number of carbonyl (C=O) groups is 1. The van der Waals surface area contributed by atoms with E-state index in [1.165, 1.54) is 0 Å². The third-order valence-corrected chi connectivity index (χ3v) is 4.65. The Morgan fingerprint density at radius 3 is 2.78 bits per heavy atom. The van der Waals surface area contributed by atoms with Gasteiger partial charge in [0.05, 0.1) is 19.1 Å². The van der Waals surface area contributed by atoms with Crippen molar-refractivity contribution in [2.45, 2.75) is 44.7 Å². The van der Waals surface area contributed by atoms with Gasteiger partial charge in [-0.2, -0.15) is 13.2 Å². The van der Waals surface area contributed by atoms with E-state index in [0.29, 0.717) is 44.9 Å². The highest BCUT2D eigenvalue weighted by atomic mass is 19.4. The van der Waals surface area contributed by atoms with Crippen LogP contribution in [-0.2, 0) is 14.3 Å². The lowest BCUT2D eigenvalue weighted by atomic mass is 9.80. The summed E-state index contributed by atoms with van der Waals surface area (Å²) in [7, 11) is 0. The summed E-state index contributed by atoms with van der Waals surface area (Å²) in [6.07, 6.45) is -1.39. The number of hydrogen-bond acceptors (Lipinski definition) is 3. The molecule has 134 valence electrons. The number of hydrogen-bond donors (Lipinski definition) is 1. The average Bonchev–Trinajstić information content (AvgIpc) is 3.03. The van der Waals surface area contributed by atoms with Crippen LogP contribution in [-0.4, -0.2) is 45.1 Å². The molecule has 7 heteroatoms. The van der Waals surface area contributed by atoms with Gasteiger partial charge >= 0.3 is 6.18 Å². The van der Waals surface area contributed by atoms with E-state index in [9.17, 15) is 18.0 Å². The largest absolute Gasteiger partial charge is 0.391 e. The second-order valence-corrected chi connectivity index (χ2v) is 6.55. The quantitative estimate of drug-likeness (QED) is 0.727. The second-order valence-electron chi connectivity index (χ2n) is 6.55. The lowest BCUT2D eigenvalue weighted by Crippen LogP contribution is -2.37. The number of carbonyl (C=O) groups excluding carboxylic acids is 1. The van der Waals surface area contributed by atoms with Crippen molar-refractivity contribution in [3.63, 3.8) is 0 Å². The SMILES string of the molecule is O=C(NCCCOC[C@@H]1CCOC1)[C@H]1CCC[C@@H](C(F)(F)F)C1. The van der Waals surface area contributed by atoms with Crippen LogP contribution in [0, 0.1) is 17.8 Å². The van der Waals surface area contributed by atoms with Crippen LogP contribution >= 0.6 is 0 Å². The molecule has 2 rings (SSSR count). The van der Waals surface area contributed by atoms with Crippen molar-refractivity contribution in [2.75, 3.05) is 33.0 Å². The van der Waals surface area contributed by atoms with Gasteiger partial charge in [0, 0.05) is 31.6 Å². The summed E-state index contributed by atoms with van der Waals surface area (Å²) < 4.78 is 49.0. The predicted molar refractivity (Wildman–Crippen MR) is 78.9 cm³/mol. The number of rotatable bonds is 7. The topological polar surface area (TPSA) is 47.6 Å². The summed E-state index contributed by atoms with van der Waals surface area (Å²) >= 11 is 0. The van der Waals surface area contributed by atoms with Gasteiger partial charge in [-0.3, -0.25) is 4.79 Å². The van der Waals surface area contributed by atoms with Crippen molar-refractivity contribution in [2.24, 2.45) is 17.8 Å².